The first-order chi connectivity index (χ1) is 15.7. The maximum Gasteiger partial charge on any atom is 0.255 e. The average molecular weight is 431 g/mol. The molecule has 1 aliphatic carbocycles. The van der Waals surface area contributed by atoms with Crippen LogP contribution in [0.5, 0.6) is 11.5 Å². The number of ether oxygens (including phenoxy) is 2. The standard InChI is InChI=1S/C25H26N4O3/c30-24(28-21-10-11-22-23(14-21)32-13-12-31-22)18-8-6-17(7-9-18)19-15-26-25(27-16-19)29-20-4-2-1-3-5-20/h6-11,14-16,20H,1-5,12-13H2,(H,28,30)(H,26,27,29). The number of nitrogens with one attached hydrogen (secondary N) is 2. The summed E-state index contributed by atoms with van der Waals surface area (Å²) in [6.07, 6.45) is 9.87. The molecule has 2 aromatic carbocycles. The van der Waals surface area contributed by atoms with E-state index in [9.17, 15) is 4.79 Å². The van der Waals surface area contributed by atoms with Crippen molar-refractivity contribution in [3.8, 4) is 22.6 Å². The van der Waals surface area contributed by atoms with Crippen LogP contribution < -0.4 is 20.1 Å². The van der Waals surface area contributed by atoms with E-state index in [4.69, 9.17) is 9.47 Å². The molecule has 2 aliphatic rings. The topological polar surface area (TPSA) is 85.4 Å². The number of hydrogen-bond acceptors (Lipinski definition) is 6. The molecule has 164 valence electrons. The highest BCUT2D eigenvalue weighted by Crippen LogP contribution is 2.32. The summed E-state index contributed by atoms with van der Waals surface area (Å²) in [6, 6.07) is 13.3. The molecule has 1 aromatic heterocycles. The number of aromatic nitrogens is 2. The van der Waals surface area contributed by atoms with Gasteiger partial charge in [-0.2, -0.15) is 0 Å². The van der Waals surface area contributed by atoms with Crippen LogP contribution in [0.3, 0.4) is 0 Å². The molecule has 0 unspecified atom stereocenters. The van der Waals surface area contributed by atoms with Crippen molar-refractivity contribution in [2.45, 2.75) is 38.1 Å². The third-order valence-electron chi connectivity index (χ3n) is 5.87. The summed E-state index contributed by atoms with van der Waals surface area (Å²) in [5, 5.41) is 6.34. The van der Waals surface area contributed by atoms with Crippen LogP contribution >= 0.6 is 0 Å². The van der Waals surface area contributed by atoms with Gasteiger partial charge in [0.05, 0.1) is 0 Å². The molecule has 0 bridgehead atoms. The van der Waals surface area contributed by atoms with Crippen molar-refractivity contribution < 1.29 is 14.3 Å². The number of carbonyl (C=O) groups is 1. The van der Waals surface area contributed by atoms with Crippen molar-refractivity contribution >= 4 is 17.5 Å². The highest BCUT2D eigenvalue weighted by molar-refractivity contribution is 6.04. The third-order valence-corrected chi connectivity index (χ3v) is 5.87. The number of nitrogens with zero attached hydrogens (tertiary/aromatic N) is 2. The fraction of sp³-hybridized carbons (Fsp3) is 0.320. The lowest BCUT2D eigenvalue weighted by molar-refractivity contribution is 0.102. The first-order valence-corrected chi connectivity index (χ1v) is 11.1. The van der Waals surface area contributed by atoms with Gasteiger partial charge in [-0.15, -0.1) is 0 Å². The number of fused-ring (bicyclic) bond motifs is 1. The predicted octanol–water partition coefficient (Wildman–Crippen LogP) is 4.91. The summed E-state index contributed by atoms with van der Waals surface area (Å²) in [6.45, 7) is 1.04. The number of rotatable bonds is 5. The van der Waals surface area contributed by atoms with E-state index in [0.29, 0.717) is 48.0 Å². The number of anilines is 2. The molecule has 1 amide bonds. The lowest BCUT2D eigenvalue weighted by atomic mass is 9.96. The van der Waals surface area contributed by atoms with Crippen LogP contribution in [-0.2, 0) is 0 Å². The predicted molar refractivity (Wildman–Crippen MR) is 123 cm³/mol. The van der Waals surface area contributed by atoms with Gasteiger partial charge in [-0.05, 0) is 42.7 Å². The molecule has 1 aliphatic heterocycles. The fourth-order valence-corrected chi connectivity index (χ4v) is 4.12. The van der Waals surface area contributed by atoms with E-state index in [2.05, 4.69) is 20.6 Å². The lowest BCUT2D eigenvalue weighted by Crippen LogP contribution is -2.23. The van der Waals surface area contributed by atoms with Crippen LogP contribution in [0.2, 0.25) is 0 Å². The van der Waals surface area contributed by atoms with Gasteiger partial charge < -0.3 is 20.1 Å². The Bertz CT molecular complexity index is 1080. The molecular formula is C25H26N4O3. The highest BCUT2D eigenvalue weighted by atomic mass is 16.6. The highest BCUT2D eigenvalue weighted by Gasteiger charge is 2.15. The van der Waals surface area contributed by atoms with Gasteiger partial charge in [-0.25, -0.2) is 9.97 Å². The minimum Gasteiger partial charge on any atom is -0.486 e. The van der Waals surface area contributed by atoms with Crippen molar-refractivity contribution in [3.05, 3.63) is 60.4 Å². The Morgan fingerprint density at radius 1 is 0.844 bits per heavy atom. The zero-order valence-electron chi connectivity index (χ0n) is 17.8. The molecule has 1 saturated carbocycles. The smallest absolute Gasteiger partial charge is 0.255 e. The largest absolute Gasteiger partial charge is 0.486 e. The number of benzene rings is 2. The summed E-state index contributed by atoms with van der Waals surface area (Å²) < 4.78 is 11.1. The Morgan fingerprint density at radius 2 is 1.56 bits per heavy atom. The van der Waals surface area contributed by atoms with E-state index in [1.165, 1.54) is 32.1 Å². The first kappa shape index (κ1) is 20.3. The molecule has 3 aromatic rings. The summed E-state index contributed by atoms with van der Waals surface area (Å²) in [7, 11) is 0. The zero-order chi connectivity index (χ0) is 21.8. The van der Waals surface area contributed by atoms with E-state index in [-0.39, 0.29) is 5.91 Å². The second kappa shape index (κ2) is 9.26. The molecule has 1 fully saturated rings. The molecule has 5 rings (SSSR count). The minimum absolute atomic E-state index is 0.184. The quantitative estimate of drug-likeness (QED) is 0.598. The van der Waals surface area contributed by atoms with Crippen LogP contribution in [-0.4, -0.2) is 35.1 Å². The Kier molecular flexibility index (Phi) is 5.87. The van der Waals surface area contributed by atoms with Crippen molar-refractivity contribution in [1.82, 2.24) is 9.97 Å². The van der Waals surface area contributed by atoms with Crippen LogP contribution in [0.1, 0.15) is 42.5 Å². The van der Waals surface area contributed by atoms with Gasteiger partial charge in [0.25, 0.3) is 5.91 Å². The van der Waals surface area contributed by atoms with Gasteiger partial charge in [0.1, 0.15) is 13.2 Å². The maximum absolute atomic E-state index is 12.6. The summed E-state index contributed by atoms with van der Waals surface area (Å²) in [5.41, 5.74) is 3.11. The number of amides is 1. The van der Waals surface area contributed by atoms with Crippen LogP contribution in [0.25, 0.3) is 11.1 Å². The monoisotopic (exact) mass is 430 g/mol. The third kappa shape index (κ3) is 4.66. The van der Waals surface area contributed by atoms with E-state index < -0.39 is 0 Å². The summed E-state index contributed by atoms with van der Waals surface area (Å²) in [5.74, 6) is 1.83. The molecule has 7 nitrogen and oxygen atoms in total. The Morgan fingerprint density at radius 3 is 2.31 bits per heavy atom. The van der Waals surface area contributed by atoms with Gasteiger partial charge in [0.15, 0.2) is 11.5 Å². The Hall–Kier alpha value is -3.61. The Labute approximate surface area is 187 Å². The van der Waals surface area contributed by atoms with Crippen LogP contribution in [0.4, 0.5) is 11.6 Å². The molecule has 0 radical (unpaired) electrons. The van der Waals surface area contributed by atoms with E-state index in [1.807, 2.05) is 24.5 Å². The molecule has 7 heteroatoms. The van der Waals surface area contributed by atoms with E-state index >= 15 is 0 Å². The van der Waals surface area contributed by atoms with Crippen molar-refractivity contribution in [1.29, 1.82) is 0 Å². The fourth-order valence-electron chi connectivity index (χ4n) is 4.12. The Balaban J connectivity index is 1.22. The van der Waals surface area contributed by atoms with E-state index in [0.717, 1.165) is 11.1 Å². The van der Waals surface area contributed by atoms with E-state index in [1.54, 1.807) is 30.3 Å². The summed E-state index contributed by atoms with van der Waals surface area (Å²) in [4.78, 5) is 21.6. The van der Waals surface area contributed by atoms with Gasteiger partial charge >= 0.3 is 0 Å². The SMILES string of the molecule is O=C(Nc1ccc2c(c1)OCCO2)c1ccc(-c2cnc(NC3CCCCC3)nc2)cc1. The zero-order valence-corrected chi connectivity index (χ0v) is 17.8. The molecule has 32 heavy (non-hydrogen) atoms. The normalized spacial score (nSPS) is 15.8. The summed E-state index contributed by atoms with van der Waals surface area (Å²) >= 11 is 0. The first-order valence-electron chi connectivity index (χ1n) is 11.1. The van der Waals surface area contributed by atoms with Gasteiger partial charge in [0, 0.05) is 41.3 Å². The van der Waals surface area contributed by atoms with Crippen molar-refractivity contribution in [3.63, 3.8) is 0 Å². The van der Waals surface area contributed by atoms with Gasteiger partial charge in [-0.3, -0.25) is 4.79 Å². The van der Waals surface area contributed by atoms with Crippen LogP contribution in [0, 0.1) is 0 Å². The molecular weight excluding hydrogens is 404 g/mol. The molecule has 2 N–H and O–H groups in total. The molecule has 0 atom stereocenters. The second-order valence-corrected chi connectivity index (χ2v) is 8.16. The van der Waals surface area contributed by atoms with Gasteiger partial charge in [-0.1, -0.05) is 31.4 Å². The van der Waals surface area contributed by atoms with Crippen molar-refractivity contribution in [2.75, 3.05) is 23.8 Å². The number of carbonyl (C=O) groups excluding carboxylic acids is 1. The minimum atomic E-state index is -0.184. The lowest BCUT2D eigenvalue weighted by Gasteiger charge is -2.22. The number of hydrogen-bond donors (Lipinski definition) is 2. The molecule has 2 heterocycles. The van der Waals surface area contributed by atoms with Gasteiger partial charge in [0.2, 0.25) is 5.95 Å². The second-order valence-electron chi connectivity index (χ2n) is 8.16. The average Bonchev–Trinajstić information content (AvgIpc) is 2.85. The maximum atomic E-state index is 12.6. The van der Waals surface area contributed by atoms with Crippen molar-refractivity contribution in [2.24, 2.45) is 0 Å². The molecule has 0 spiro atoms. The van der Waals surface area contributed by atoms with Crippen LogP contribution in [0.15, 0.2) is 54.9 Å². The molecule has 0 saturated heterocycles.